The molecule has 1 amide bonds. The van der Waals surface area contributed by atoms with Crippen molar-refractivity contribution in [3.05, 3.63) is 0 Å². The summed E-state index contributed by atoms with van der Waals surface area (Å²) >= 11 is 0. The molecule has 0 saturated heterocycles. The van der Waals surface area contributed by atoms with E-state index < -0.39 is 0 Å². The lowest BCUT2D eigenvalue weighted by Gasteiger charge is -2.24. The number of amides is 1. The minimum atomic E-state index is -0.319. The monoisotopic (exact) mass is 284 g/mol. The molecule has 0 aromatic heterocycles. The lowest BCUT2D eigenvalue weighted by molar-refractivity contribution is -0.149. The van der Waals surface area contributed by atoms with Gasteiger partial charge in [-0.3, -0.25) is 9.59 Å². The Morgan fingerprint density at radius 3 is 2.45 bits per heavy atom. The fraction of sp³-hybridized carbons (Fsp3) is 0.867. The fourth-order valence-corrected chi connectivity index (χ4v) is 2.45. The molecule has 0 spiro atoms. The van der Waals surface area contributed by atoms with E-state index in [1.165, 1.54) is 0 Å². The lowest BCUT2D eigenvalue weighted by atomic mass is 9.93. The average Bonchev–Trinajstić information content (AvgIpc) is 3.18. The molecule has 20 heavy (non-hydrogen) atoms. The van der Waals surface area contributed by atoms with Crippen LogP contribution >= 0.6 is 0 Å². The quantitative estimate of drug-likeness (QED) is 0.652. The van der Waals surface area contributed by atoms with E-state index in [1.807, 2.05) is 0 Å². The van der Waals surface area contributed by atoms with E-state index in [9.17, 15) is 9.59 Å². The number of ether oxygens (including phenoxy) is 1. The molecule has 0 aliphatic heterocycles. The Hall–Kier alpha value is -1.10. The van der Waals surface area contributed by atoms with Crippen LogP contribution in [0.1, 0.15) is 46.5 Å². The second kappa shape index (κ2) is 8.25. The molecule has 1 aliphatic carbocycles. The van der Waals surface area contributed by atoms with Crippen LogP contribution in [0.2, 0.25) is 0 Å². The fourth-order valence-electron chi connectivity index (χ4n) is 2.45. The van der Waals surface area contributed by atoms with Crippen LogP contribution in [0.4, 0.5) is 0 Å². The van der Waals surface area contributed by atoms with Crippen molar-refractivity contribution < 1.29 is 14.3 Å². The molecule has 1 rings (SSSR count). The molecule has 1 unspecified atom stereocenters. The first-order chi connectivity index (χ1) is 9.47. The first kappa shape index (κ1) is 17.0. The zero-order valence-corrected chi connectivity index (χ0v) is 12.9. The maximum absolute atomic E-state index is 12.4. The Bertz CT molecular complexity index is 327. The number of nitrogens with zero attached hydrogens (tertiary/aromatic N) is 1. The van der Waals surface area contributed by atoms with Gasteiger partial charge in [0.05, 0.1) is 6.61 Å². The van der Waals surface area contributed by atoms with Crippen LogP contribution in [0.3, 0.4) is 0 Å². The first-order valence-corrected chi connectivity index (χ1v) is 7.63. The minimum absolute atomic E-state index is 0.0386. The van der Waals surface area contributed by atoms with Crippen molar-refractivity contribution in [2.75, 3.05) is 19.7 Å². The number of esters is 1. The molecule has 1 fully saturated rings. The molecule has 116 valence electrons. The largest absolute Gasteiger partial charge is 0.465 e. The van der Waals surface area contributed by atoms with Crippen LogP contribution in [0.25, 0.3) is 0 Å². The van der Waals surface area contributed by atoms with Gasteiger partial charge in [0.1, 0.15) is 6.54 Å². The summed E-state index contributed by atoms with van der Waals surface area (Å²) in [7, 11) is 0. The molecule has 1 saturated carbocycles. The first-order valence-electron chi connectivity index (χ1n) is 7.63. The summed E-state index contributed by atoms with van der Waals surface area (Å²) in [5, 5.41) is 0. The molecule has 0 heterocycles. The smallest absolute Gasteiger partial charge is 0.325 e. The van der Waals surface area contributed by atoms with Crippen molar-refractivity contribution in [3.8, 4) is 0 Å². The van der Waals surface area contributed by atoms with Crippen LogP contribution in [0, 0.1) is 11.8 Å². The van der Waals surface area contributed by atoms with Crippen molar-refractivity contribution in [1.29, 1.82) is 0 Å². The number of carbonyl (C=O) groups is 2. The molecule has 1 aliphatic rings. The molecular formula is C15H28N2O3. The average molecular weight is 284 g/mol. The van der Waals surface area contributed by atoms with Gasteiger partial charge in [-0.25, -0.2) is 0 Å². The van der Waals surface area contributed by atoms with Gasteiger partial charge in [0.2, 0.25) is 5.91 Å². The number of nitrogens with two attached hydrogens (primary N) is 1. The summed E-state index contributed by atoms with van der Waals surface area (Å²) in [5.74, 6) is 0.444. The van der Waals surface area contributed by atoms with Crippen molar-refractivity contribution >= 4 is 11.9 Å². The van der Waals surface area contributed by atoms with Crippen LogP contribution < -0.4 is 5.73 Å². The zero-order valence-electron chi connectivity index (χ0n) is 12.9. The van der Waals surface area contributed by atoms with Gasteiger partial charge in [0.25, 0.3) is 0 Å². The maximum atomic E-state index is 12.4. The van der Waals surface area contributed by atoms with Crippen molar-refractivity contribution in [2.45, 2.75) is 52.5 Å². The summed E-state index contributed by atoms with van der Waals surface area (Å²) in [5.41, 5.74) is 5.75. The van der Waals surface area contributed by atoms with Crippen molar-refractivity contribution in [3.63, 3.8) is 0 Å². The molecule has 1 atom stereocenters. The SMILES string of the molecule is CCOC(=O)CN(C(=O)CC(CN)CC(C)C)C1CC1. The van der Waals surface area contributed by atoms with Crippen LogP contribution in [0.5, 0.6) is 0 Å². The van der Waals surface area contributed by atoms with E-state index in [2.05, 4.69) is 13.8 Å². The van der Waals surface area contributed by atoms with Gasteiger partial charge < -0.3 is 15.4 Å². The van der Waals surface area contributed by atoms with E-state index in [1.54, 1.807) is 11.8 Å². The second-order valence-electron chi connectivity index (χ2n) is 5.99. The molecule has 5 heteroatoms. The summed E-state index contributed by atoms with van der Waals surface area (Å²) in [6.45, 7) is 6.98. The third-order valence-corrected chi connectivity index (χ3v) is 3.51. The van der Waals surface area contributed by atoms with Crippen molar-refractivity contribution in [2.24, 2.45) is 17.6 Å². The van der Waals surface area contributed by atoms with Gasteiger partial charge in [0.15, 0.2) is 0 Å². The van der Waals surface area contributed by atoms with E-state index in [-0.39, 0.29) is 30.4 Å². The van der Waals surface area contributed by atoms with Gasteiger partial charge in [-0.1, -0.05) is 13.8 Å². The predicted octanol–water partition coefficient (Wildman–Crippen LogP) is 1.55. The molecule has 0 bridgehead atoms. The summed E-state index contributed by atoms with van der Waals surface area (Å²) < 4.78 is 4.94. The highest BCUT2D eigenvalue weighted by atomic mass is 16.5. The zero-order chi connectivity index (χ0) is 15.1. The van der Waals surface area contributed by atoms with Crippen molar-refractivity contribution in [1.82, 2.24) is 4.90 Å². The van der Waals surface area contributed by atoms with E-state index in [0.29, 0.717) is 25.5 Å². The third kappa shape index (κ3) is 5.90. The standard InChI is InChI=1S/C15H28N2O3/c1-4-20-15(19)10-17(13-5-6-13)14(18)8-12(9-16)7-11(2)3/h11-13H,4-10,16H2,1-3H3. The van der Waals surface area contributed by atoms with Gasteiger partial charge >= 0.3 is 5.97 Å². The summed E-state index contributed by atoms with van der Waals surface area (Å²) in [4.78, 5) is 25.6. The maximum Gasteiger partial charge on any atom is 0.325 e. The highest BCUT2D eigenvalue weighted by Crippen LogP contribution is 2.28. The lowest BCUT2D eigenvalue weighted by Crippen LogP contribution is -2.39. The Morgan fingerprint density at radius 2 is 2.00 bits per heavy atom. The van der Waals surface area contributed by atoms with Gasteiger partial charge in [-0.15, -0.1) is 0 Å². The molecule has 0 radical (unpaired) electrons. The molecule has 2 N–H and O–H groups in total. The van der Waals surface area contributed by atoms with Crippen LogP contribution in [-0.2, 0) is 14.3 Å². The number of rotatable bonds is 9. The highest BCUT2D eigenvalue weighted by Gasteiger charge is 2.34. The van der Waals surface area contributed by atoms with Crippen LogP contribution in [0.15, 0.2) is 0 Å². The Kier molecular flexibility index (Phi) is 6.99. The summed E-state index contributed by atoms with van der Waals surface area (Å²) in [6.07, 6.45) is 3.36. The number of hydrogen-bond acceptors (Lipinski definition) is 4. The summed E-state index contributed by atoms with van der Waals surface area (Å²) in [6, 6.07) is 0.226. The Labute approximate surface area is 121 Å². The highest BCUT2D eigenvalue weighted by molar-refractivity contribution is 5.82. The molecular weight excluding hydrogens is 256 g/mol. The predicted molar refractivity (Wildman–Crippen MR) is 78.0 cm³/mol. The Morgan fingerprint density at radius 1 is 1.35 bits per heavy atom. The van der Waals surface area contributed by atoms with Gasteiger partial charge in [-0.05, 0) is 44.6 Å². The second-order valence-corrected chi connectivity index (χ2v) is 5.99. The number of carbonyl (C=O) groups excluding carboxylic acids is 2. The van der Waals surface area contributed by atoms with E-state index >= 15 is 0 Å². The van der Waals surface area contributed by atoms with Gasteiger partial charge in [-0.2, -0.15) is 0 Å². The normalized spacial score (nSPS) is 16.1. The number of hydrogen-bond donors (Lipinski definition) is 1. The Balaban J connectivity index is 2.53. The van der Waals surface area contributed by atoms with Crippen LogP contribution in [-0.4, -0.2) is 42.5 Å². The topological polar surface area (TPSA) is 72.6 Å². The molecule has 0 aromatic rings. The minimum Gasteiger partial charge on any atom is -0.465 e. The van der Waals surface area contributed by atoms with E-state index in [4.69, 9.17) is 10.5 Å². The molecule has 0 aromatic carbocycles. The third-order valence-electron chi connectivity index (χ3n) is 3.51. The van der Waals surface area contributed by atoms with Gasteiger partial charge in [0, 0.05) is 12.5 Å². The molecule has 5 nitrogen and oxygen atoms in total. The van der Waals surface area contributed by atoms with E-state index in [0.717, 1.165) is 19.3 Å².